The van der Waals surface area contributed by atoms with E-state index >= 15 is 0 Å². The molecule has 18 heavy (non-hydrogen) atoms. The van der Waals surface area contributed by atoms with Crippen LogP contribution >= 0.6 is 0 Å². The second-order valence-electron chi connectivity index (χ2n) is 4.50. The largest absolute Gasteiger partial charge is 0.353 e. The quantitative estimate of drug-likeness (QED) is 0.609. The molecule has 1 fully saturated rings. The minimum absolute atomic E-state index is 0.108. The first kappa shape index (κ1) is 13.0. The van der Waals surface area contributed by atoms with Crippen LogP contribution < -0.4 is 0 Å². The Bertz CT molecular complexity index is 427. The zero-order valence-corrected chi connectivity index (χ0v) is 10.4. The van der Waals surface area contributed by atoms with Gasteiger partial charge >= 0.3 is 0 Å². The molecule has 1 saturated heterocycles. The van der Waals surface area contributed by atoms with Gasteiger partial charge in [-0.25, -0.2) is 0 Å². The number of rotatable bonds is 4. The van der Waals surface area contributed by atoms with E-state index in [1.807, 2.05) is 6.92 Å². The molecule has 0 radical (unpaired) electrons. The van der Waals surface area contributed by atoms with E-state index in [0.717, 1.165) is 24.8 Å². The second-order valence-corrected chi connectivity index (χ2v) is 4.50. The maximum absolute atomic E-state index is 10.9. The van der Waals surface area contributed by atoms with Crippen molar-refractivity contribution >= 4 is 5.69 Å². The van der Waals surface area contributed by atoms with E-state index < -0.39 is 0 Å². The lowest BCUT2D eigenvalue weighted by molar-refractivity contribution is -0.386. The van der Waals surface area contributed by atoms with Crippen molar-refractivity contribution in [3.63, 3.8) is 0 Å². The number of nitro groups is 1. The summed E-state index contributed by atoms with van der Waals surface area (Å²) >= 11 is 0. The summed E-state index contributed by atoms with van der Waals surface area (Å²) in [7, 11) is 0. The van der Waals surface area contributed by atoms with E-state index in [1.54, 1.807) is 12.1 Å². The minimum Gasteiger partial charge on any atom is -0.353 e. The van der Waals surface area contributed by atoms with Gasteiger partial charge in [0.05, 0.1) is 17.1 Å². The number of ether oxygens (including phenoxy) is 2. The molecule has 1 aromatic carbocycles. The Hall–Kier alpha value is -1.46. The van der Waals surface area contributed by atoms with Crippen LogP contribution in [0.4, 0.5) is 5.69 Å². The molecule has 1 aliphatic heterocycles. The van der Waals surface area contributed by atoms with Gasteiger partial charge in [0.15, 0.2) is 6.29 Å². The molecule has 2 rings (SSSR count). The lowest BCUT2D eigenvalue weighted by Gasteiger charge is -2.22. The summed E-state index contributed by atoms with van der Waals surface area (Å²) in [6.07, 6.45) is 2.78. The Kier molecular flexibility index (Phi) is 4.28. The van der Waals surface area contributed by atoms with Gasteiger partial charge in [0, 0.05) is 12.7 Å². The van der Waals surface area contributed by atoms with Gasteiger partial charge in [0.1, 0.15) is 0 Å². The van der Waals surface area contributed by atoms with Crippen LogP contribution in [0.15, 0.2) is 18.2 Å². The Morgan fingerprint density at radius 2 is 2.33 bits per heavy atom. The van der Waals surface area contributed by atoms with Crippen LogP contribution in [0, 0.1) is 17.0 Å². The average molecular weight is 251 g/mol. The van der Waals surface area contributed by atoms with E-state index in [0.29, 0.717) is 12.2 Å². The van der Waals surface area contributed by atoms with E-state index in [9.17, 15) is 10.1 Å². The first-order valence-electron chi connectivity index (χ1n) is 6.14. The SMILES string of the molecule is Cc1ccc([N+](=O)[O-])c(COC2CCCCO2)c1. The van der Waals surface area contributed by atoms with Crippen LogP contribution in [0.1, 0.15) is 30.4 Å². The zero-order chi connectivity index (χ0) is 13.0. The summed E-state index contributed by atoms with van der Waals surface area (Å²) in [5.74, 6) is 0. The number of aryl methyl sites for hydroxylation is 1. The van der Waals surface area contributed by atoms with Gasteiger partial charge in [0.25, 0.3) is 5.69 Å². The Balaban J connectivity index is 2.03. The van der Waals surface area contributed by atoms with Gasteiger partial charge in [-0.05, 0) is 32.3 Å². The van der Waals surface area contributed by atoms with Crippen LogP contribution in [-0.2, 0) is 16.1 Å². The Morgan fingerprint density at radius 3 is 3.00 bits per heavy atom. The normalized spacial score (nSPS) is 19.7. The number of hydrogen-bond acceptors (Lipinski definition) is 4. The molecule has 0 spiro atoms. The second kappa shape index (κ2) is 5.93. The van der Waals surface area contributed by atoms with E-state index in [2.05, 4.69) is 0 Å². The molecule has 0 N–H and O–H groups in total. The minimum atomic E-state index is -0.375. The molecule has 1 heterocycles. The van der Waals surface area contributed by atoms with Crippen LogP contribution in [0.5, 0.6) is 0 Å². The fourth-order valence-corrected chi connectivity index (χ4v) is 2.03. The predicted octanol–water partition coefficient (Wildman–Crippen LogP) is 2.95. The van der Waals surface area contributed by atoms with Crippen molar-refractivity contribution in [2.45, 2.75) is 39.1 Å². The fraction of sp³-hybridized carbons (Fsp3) is 0.538. The molecule has 0 saturated carbocycles. The number of nitro benzene ring substituents is 1. The molecule has 1 unspecified atom stereocenters. The molecular formula is C13H17NO4. The van der Waals surface area contributed by atoms with Gasteiger partial charge in [-0.15, -0.1) is 0 Å². The van der Waals surface area contributed by atoms with Crippen molar-refractivity contribution in [1.29, 1.82) is 0 Å². The highest BCUT2D eigenvalue weighted by Gasteiger charge is 2.18. The zero-order valence-electron chi connectivity index (χ0n) is 10.4. The van der Waals surface area contributed by atoms with Crippen LogP contribution in [-0.4, -0.2) is 17.8 Å². The third kappa shape index (κ3) is 3.27. The molecule has 98 valence electrons. The van der Waals surface area contributed by atoms with Crippen molar-refractivity contribution < 1.29 is 14.4 Å². The van der Waals surface area contributed by atoms with Gasteiger partial charge in [-0.3, -0.25) is 10.1 Å². The molecular weight excluding hydrogens is 234 g/mol. The highest BCUT2D eigenvalue weighted by Crippen LogP contribution is 2.22. The molecule has 0 aromatic heterocycles. The van der Waals surface area contributed by atoms with Gasteiger partial charge in [-0.2, -0.15) is 0 Å². The summed E-state index contributed by atoms with van der Waals surface area (Å²) < 4.78 is 11.0. The molecule has 1 aromatic rings. The molecule has 5 heteroatoms. The van der Waals surface area contributed by atoms with Crippen molar-refractivity contribution in [3.05, 3.63) is 39.4 Å². The smallest absolute Gasteiger partial charge is 0.274 e. The standard InChI is InChI=1S/C13H17NO4/c1-10-5-6-12(14(15)16)11(8-10)9-18-13-4-2-3-7-17-13/h5-6,8,13H,2-4,7,9H2,1H3. The number of hydrogen-bond donors (Lipinski definition) is 0. The van der Waals surface area contributed by atoms with E-state index in [4.69, 9.17) is 9.47 Å². The number of nitrogens with zero attached hydrogens (tertiary/aromatic N) is 1. The lowest BCUT2D eigenvalue weighted by atomic mass is 10.1. The van der Waals surface area contributed by atoms with Crippen molar-refractivity contribution in [3.8, 4) is 0 Å². The maximum atomic E-state index is 10.9. The van der Waals surface area contributed by atoms with E-state index in [1.165, 1.54) is 6.07 Å². The van der Waals surface area contributed by atoms with Gasteiger partial charge < -0.3 is 9.47 Å². The van der Waals surface area contributed by atoms with Crippen molar-refractivity contribution in [2.75, 3.05) is 6.61 Å². The summed E-state index contributed by atoms with van der Waals surface area (Å²) in [6.45, 7) is 2.84. The van der Waals surface area contributed by atoms with Gasteiger partial charge in [-0.1, -0.05) is 11.6 Å². The summed E-state index contributed by atoms with van der Waals surface area (Å²) in [5.41, 5.74) is 1.70. The fourth-order valence-electron chi connectivity index (χ4n) is 2.03. The first-order valence-corrected chi connectivity index (χ1v) is 6.14. The topological polar surface area (TPSA) is 61.6 Å². The molecule has 1 atom stereocenters. The van der Waals surface area contributed by atoms with E-state index in [-0.39, 0.29) is 23.5 Å². The Labute approximate surface area is 106 Å². The molecule has 5 nitrogen and oxygen atoms in total. The molecule has 0 bridgehead atoms. The number of benzene rings is 1. The maximum Gasteiger partial charge on any atom is 0.274 e. The predicted molar refractivity (Wildman–Crippen MR) is 66.2 cm³/mol. The molecule has 1 aliphatic rings. The third-order valence-electron chi connectivity index (χ3n) is 2.99. The highest BCUT2D eigenvalue weighted by atomic mass is 16.7. The monoisotopic (exact) mass is 251 g/mol. The lowest BCUT2D eigenvalue weighted by Crippen LogP contribution is -2.22. The van der Waals surface area contributed by atoms with Crippen molar-refractivity contribution in [1.82, 2.24) is 0 Å². The highest BCUT2D eigenvalue weighted by molar-refractivity contribution is 5.42. The van der Waals surface area contributed by atoms with Crippen LogP contribution in [0.25, 0.3) is 0 Å². The van der Waals surface area contributed by atoms with Crippen LogP contribution in [0.2, 0.25) is 0 Å². The van der Waals surface area contributed by atoms with Crippen LogP contribution in [0.3, 0.4) is 0 Å². The summed E-state index contributed by atoms with van der Waals surface area (Å²) in [6, 6.07) is 5.05. The molecule has 0 amide bonds. The molecule has 0 aliphatic carbocycles. The summed E-state index contributed by atoms with van der Waals surface area (Å²) in [5, 5.41) is 10.9. The Morgan fingerprint density at radius 1 is 1.50 bits per heavy atom. The van der Waals surface area contributed by atoms with Crippen molar-refractivity contribution in [2.24, 2.45) is 0 Å². The summed E-state index contributed by atoms with van der Waals surface area (Å²) in [4.78, 5) is 10.5. The first-order chi connectivity index (χ1) is 8.66. The third-order valence-corrected chi connectivity index (χ3v) is 2.99. The van der Waals surface area contributed by atoms with Gasteiger partial charge in [0.2, 0.25) is 0 Å². The average Bonchev–Trinajstić information content (AvgIpc) is 2.37.